The Morgan fingerprint density at radius 3 is 2.79 bits per heavy atom. The van der Waals surface area contributed by atoms with Gasteiger partial charge in [-0.2, -0.15) is 9.97 Å². The largest absolute Gasteiger partial charge is 0.461 e. The highest BCUT2D eigenvalue weighted by atomic mass is 19.1. The fraction of sp³-hybridized carbons (Fsp3) is 0.400. The Morgan fingerprint density at radius 1 is 1.09 bits per heavy atom. The van der Waals surface area contributed by atoms with Gasteiger partial charge < -0.3 is 14.5 Å². The normalized spacial score (nSPS) is 21.7. The maximum atomic E-state index is 17.0. The molecule has 0 unspecified atom stereocenters. The predicted octanol–water partition coefficient (Wildman–Crippen LogP) is 6.49. The van der Waals surface area contributed by atoms with Crippen LogP contribution >= 0.6 is 0 Å². The number of nitrogens with zero attached hydrogens (tertiary/aromatic N) is 8. The molecule has 53 heavy (non-hydrogen) atoms. The number of pyridine rings is 1. The lowest BCUT2D eigenvalue weighted by molar-refractivity contribution is -0.124. The predicted molar refractivity (Wildman–Crippen MR) is 197 cm³/mol. The molecule has 3 aliphatic heterocycles. The average Bonchev–Trinajstić information content (AvgIpc) is 3.88. The first-order valence-electron chi connectivity index (χ1n) is 18.2. The van der Waals surface area contributed by atoms with Crippen molar-refractivity contribution >= 4 is 39.5 Å². The van der Waals surface area contributed by atoms with Crippen LogP contribution in [0.4, 0.5) is 19.0 Å². The molecule has 0 radical (unpaired) electrons. The number of likely N-dealkylation sites (tertiary alicyclic amines) is 1. The Bertz CT molecular complexity index is 2250. The number of aryl methyl sites for hydroxylation is 2. The Morgan fingerprint density at radius 2 is 1.96 bits per heavy atom. The van der Waals surface area contributed by atoms with E-state index in [9.17, 15) is 9.18 Å². The number of carbonyl (C=O) groups is 1. The number of aromatic nitrogens is 5. The molecule has 0 aliphatic carbocycles. The van der Waals surface area contributed by atoms with Crippen molar-refractivity contribution in [3.8, 4) is 17.3 Å². The lowest BCUT2D eigenvalue weighted by atomic mass is 9.95. The quantitative estimate of drug-likeness (QED) is 0.158. The third-order valence-corrected chi connectivity index (χ3v) is 11.1. The molecule has 2 aromatic carbocycles. The van der Waals surface area contributed by atoms with Gasteiger partial charge in [0.25, 0.3) is 0 Å². The summed E-state index contributed by atoms with van der Waals surface area (Å²) in [6.07, 6.45) is 8.63. The van der Waals surface area contributed by atoms with Crippen molar-refractivity contribution in [1.29, 1.82) is 0 Å². The average molecular weight is 723 g/mol. The van der Waals surface area contributed by atoms with Gasteiger partial charge in [0.2, 0.25) is 5.91 Å². The lowest BCUT2D eigenvalue weighted by Gasteiger charge is -2.31. The second-order valence-corrected chi connectivity index (χ2v) is 14.4. The first-order valence-corrected chi connectivity index (χ1v) is 18.2. The smallest absolute Gasteiger partial charge is 0.319 e. The Balaban J connectivity index is 1.16. The van der Waals surface area contributed by atoms with Crippen LogP contribution in [-0.4, -0.2) is 98.2 Å². The van der Waals surface area contributed by atoms with Gasteiger partial charge in [0, 0.05) is 63.2 Å². The molecule has 8 rings (SSSR count). The minimum absolute atomic E-state index is 0.0119. The number of hydrogen-bond acceptors (Lipinski definition) is 9. The molecule has 274 valence electrons. The third kappa shape index (κ3) is 6.45. The van der Waals surface area contributed by atoms with E-state index in [0.29, 0.717) is 78.1 Å². The van der Waals surface area contributed by atoms with Crippen LogP contribution in [0.2, 0.25) is 0 Å². The van der Waals surface area contributed by atoms with E-state index in [1.165, 1.54) is 12.1 Å². The number of anilines is 1. The van der Waals surface area contributed by atoms with Crippen LogP contribution in [0.1, 0.15) is 49.7 Å². The number of benzene rings is 2. The number of rotatable bonds is 9. The van der Waals surface area contributed by atoms with Crippen molar-refractivity contribution in [3.05, 3.63) is 83.6 Å². The minimum Gasteiger partial charge on any atom is -0.461 e. The highest BCUT2D eigenvalue weighted by Gasteiger charge is 2.49. The van der Waals surface area contributed by atoms with E-state index in [0.717, 1.165) is 24.8 Å². The first-order chi connectivity index (χ1) is 25.6. The molecule has 3 saturated heterocycles. The molecule has 1 amide bonds. The summed E-state index contributed by atoms with van der Waals surface area (Å²) in [5.41, 5.74) is 1.19. The van der Waals surface area contributed by atoms with E-state index in [-0.39, 0.29) is 41.6 Å². The van der Waals surface area contributed by atoms with Crippen molar-refractivity contribution in [2.45, 2.75) is 63.7 Å². The molecule has 0 N–H and O–H groups in total. The number of likely N-dealkylation sites (N-methyl/N-ethyl adjacent to an activating group) is 1. The van der Waals surface area contributed by atoms with Crippen molar-refractivity contribution < 1.29 is 22.7 Å². The third-order valence-electron chi connectivity index (χ3n) is 11.1. The van der Waals surface area contributed by atoms with E-state index >= 15 is 8.78 Å². The number of fused-ring (bicyclic) bond motifs is 3. The fourth-order valence-corrected chi connectivity index (χ4v) is 8.42. The molecular formula is C40H41F3N8O2. The minimum atomic E-state index is -0.935. The molecule has 6 heterocycles. The van der Waals surface area contributed by atoms with Gasteiger partial charge in [0.1, 0.15) is 41.4 Å². The van der Waals surface area contributed by atoms with E-state index in [4.69, 9.17) is 9.72 Å². The van der Waals surface area contributed by atoms with Crippen LogP contribution in [0.5, 0.6) is 6.01 Å². The van der Waals surface area contributed by atoms with Crippen LogP contribution < -0.4 is 9.64 Å². The van der Waals surface area contributed by atoms with Crippen molar-refractivity contribution in [3.63, 3.8) is 0 Å². The second-order valence-electron chi connectivity index (χ2n) is 14.4. The van der Waals surface area contributed by atoms with Gasteiger partial charge >= 0.3 is 6.01 Å². The zero-order valence-electron chi connectivity index (χ0n) is 30.0. The molecular weight excluding hydrogens is 681 g/mol. The second kappa shape index (κ2) is 14.0. The van der Waals surface area contributed by atoms with E-state index in [2.05, 4.69) is 24.8 Å². The van der Waals surface area contributed by atoms with Gasteiger partial charge in [-0.05, 0) is 73.7 Å². The maximum Gasteiger partial charge on any atom is 0.319 e. The molecule has 3 aromatic heterocycles. The summed E-state index contributed by atoms with van der Waals surface area (Å²) < 4.78 is 52.9. The van der Waals surface area contributed by atoms with Gasteiger partial charge in [-0.15, -0.1) is 0 Å². The zero-order chi connectivity index (χ0) is 36.9. The van der Waals surface area contributed by atoms with Gasteiger partial charge in [-0.25, -0.2) is 23.1 Å². The summed E-state index contributed by atoms with van der Waals surface area (Å²) in [6, 6.07) is 10.1. The zero-order valence-corrected chi connectivity index (χ0v) is 30.0. The maximum absolute atomic E-state index is 17.0. The van der Waals surface area contributed by atoms with Gasteiger partial charge in [0.15, 0.2) is 5.82 Å². The van der Waals surface area contributed by atoms with Crippen molar-refractivity contribution in [1.82, 2.24) is 34.7 Å². The molecule has 13 heteroatoms. The number of halogens is 3. The standard InChI is InChI=1S/C40H41F3N8O2/c1-4-29-32(42)11-9-25-7-5-8-30(34(25)29)36-35(43)37-31(20-45-36)38(48-39(47-37)53-23-40-15-6-17-51(40)21-26(41)19-40)49(3)28-14-18-50(22-28)33(52)12-10-27-13-16-44-24(2)46-27/h5,7-13,16,20,26,28H,4,6,14-15,17-19,21-23H2,1-3H3/b12-10+/t26-,28-,40+/m1/s1. The molecule has 5 aromatic rings. The molecule has 3 fully saturated rings. The number of carbonyl (C=O) groups excluding carboxylic acids is 1. The summed E-state index contributed by atoms with van der Waals surface area (Å²) in [7, 11) is 1.86. The van der Waals surface area contributed by atoms with Crippen LogP contribution in [0.3, 0.4) is 0 Å². The van der Waals surface area contributed by atoms with E-state index < -0.39 is 17.5 Å². The Kier molecular flexibility index (Phi) is 9.21. The van der Waals surface area contributed by atoms with E-state index in [1.807, 2.05) is 24.9 Å². The number of amides is 1. The first kappa shape index (κ1) is 34.9. The van der Waals surface area contributed by atoms with Crippen molar-refractivity contribution in [2.75, 3.05) is 44.7 Å². The molecule has 3 atom stereocenters. The highest BCUT2D eigenvalue weighted by molar-refractivity contribution is 6.01. The van der Waals surface area contributed by atoms with Gasteiger partial charge in [-0.1, -0.05) is 31.2 Å². The Labute approximate surface area is 305 Å². The topological polar surface area (TPSA) is 100 Å². The summed E-state index contributed by atoms with van der Waals surface area (Å²) in [4.78, 5) is 41.5. The van der Waals surface area contributed by atoms with Crippen LogP contribution in [0.15, 0.2) is 54.9 Å². The van der Waals surface area contributed by atoms with Gasteiger partial charge in [-0.3, -0.25) is 14.7 Å². The number of ether oxygens (including phenoxy) is 1. The fourth-order valence-electron chi connectivity index (χ4n) is 8.42. The van der Waals surface area contributed by atoms with Crippen LogP contribution in [-0.2, 0) is 11.2 Å². The number of hydrogen-bond donors (Lipinski definition) is 0. The molecule has 3 aliphatic rings. The van der Waals surface area contributed by atoms with Crippen molar-refractivity contribution in [2.24, 2.45) is 0 Å². The van der Waals surface area contributed by atoms with Crippen LogP contribution in [0.25, 0.3) is 39.0 Å². The molecule has 0 spiro atoms. The van der Waals surface area contributed by atoms with Gasteiger partial charge in [0.05, 0.1) is 16.6 Å². The summed E-state index contributed by atoms with van der Waals surface area (Å²) >= 11 is 0. The lowest BCUT2D eigenvalue weighted by Crippen LogP contribution is -2.43. The monoisotopic (exact) mass is 722 g/mol. The molecule has 0 saturated carbocycles. The van der Waals surface area contributed by atoms with Crippen LogP contribution in [0, 0.1) is 18.6 Å². The highest BCUT2D eigenvalue weighted by Crippen LogP contribution is 2.41. The van der Waals surface area contributed by atoms with E-state index in [1.54, 1.807) is 54.6 Å². The molecule has 0 bridgehead atoms. The number of alkyl halides is 1. The SMILES string of the molecule is CCc1c(F)ccc2cccc(-c3ncc4c(N(C)[C@@H]5CCN(C(=O)/C=C/c6ccnc(C)n6)C5)nc(OC[C@@]56CCCN5C[C@H](F)C6)nc4c3F)c12. The summed E-state index contributed by atoms with van der Waals surface area (Å²) in [5.74, 6) is -0.160. The molecule has 10 nitrogen and oxygen atoms in total. The Hall–Kier alpha value is -5.17. The summed E-state index contributed by atoms with van der Waals surface area (Å²) in [6.45, 7) is 5.94. The summed E-state index contributed by atoms with van der Waals surface area (Å²) in [5, 5.41) is 1.75.